The third-order valence-electron chi connectivity index (χ3n) is 2.56. The number of urea groups is 1. The molecule has 1 aliphatic rings. The van der Waals surface area contributed by atoms with Gasteiger partial charge in [-0.3, -0.25) is 4.79 Å². The van der Waals surface area contributed by atoms with Gasteiger partial charge >= 0.3 is 12.0 Å². The first kappa shape index (κ1) is 12.8. The molecule has 1 rings (SSSR count). The molecule has 6 heteroatoms. The van der Waals surface area contributed by atoms with Gasteiger partial charge in [0, 0.05) is 18.1 Å². The minimum absolute atomic E-state index is 0.217. The molecule has 0 saturated carbocycles. The van der Waals surface area contributed by atoms with Gasteiger partial charge in [-0.15, -0.1) is 0 Å². The Morgan fingerprint density at radius 1 is 1.44 bits per heavy atom. The first-order valence-electron chi connectivity index (χ1n) is 5.09. The van der Waals surface area contributed by atoms with Crippen LogP contribution in [0.25, 0.3) is 0 Å². The highest BCUT2D eigenvalue weighted by molar-refractivity contribution is 6.29. The second kappa shape index (κ2) is 5.75. The summed E-state index contributed by atoms with van der Waals surface area (Å²) in [7, 11) is 0. The van der Waals surface area contributed by atoms with Crippen molar-refractivity contribution in [2.24, 2.45) is 5.92 Å². The number of carboxylic acids is 1. The molecule has 0 radical (unpaired) electrons. The standard InChI is InChI=1S/C10H15ClN2O3/c1-7(11)6-12-10(16)13-4-2-8(3-5-13)9(14)15/h8H,1-6H2,(H,12,16)(H,14,15). The van der Waals surface area contributed by atoms with Crippen LogP contribution in [0.5, 0.6) is 0 Å². The van der Waals surface area contributed by atoms with Gasteiger partial charge in [0.05, 0.1) is 12.5 Å². The Morgan fingerprint density at radius 3 is 2.44 bits per heavy atom. The van der Waals surface area contributed by atoms with E-state index >= 15 is 0 Å². The average Bonchev–Trinajstić information content (AvgIpc) is 2.26. The molecule has 0 aromatic carbocycles. The topological polar surface area (TPSA) is 69.6 Å². The Hall–Kier alpha value is -1.23. The van der Waals surface area contributed by atoms with E-state index in [9.17, 15) is 9.59 Å². The van der Waals surface area contributed by atoms with Gasteiger partial charge in [0.2, 0.25) is 0 Å². The number of hydrogen-bond donors (Lipinski definition) is 2. The van der Waals surface area contributed by atoms with E-state index in [1.54, 1.807) is 4.90 Å². The second-order valence-corrected chi connectivity index (χ2v) is 4.31. The zero-order chi connectivity index (χ0) is 12.1. The van der Waals surface area contributed by atoms with E-state index in [0.29, 0.717) is 31.0 Å². The molecule has 5 nitrogen and oxygen atoms in total. The molecule has 90 valence electrons. The van der Waals surface area contributed by atoms with Crippen LogP contribution in [-0.4, -0.2) is 41.6 Å². The maximum absolute atomic E-state index is 11.5. The molecule has 0 aromatic heterocycles. The van der Waals surface area contributed by atoms with Crippen molar-refractivity contribution in [2.75, 3.05) is 19.6 Å². The van der Waals surface area contributed by atoms with Gasteiger partial charge in [0.25, 0.3) is 0 Å². The monoisotopic (exact) mass is 246 g/mol. The summed E-state index contributed by atoms with van der Waals surface area (Å²) in [5.74, 6) is -1.11. The number of aliphatic carboxylic acids is 1. The highest BCUT2D eigenvalue weighted by Gasteiger charge is 2.26. The molecule has 0 spiro atoms. The summed E-state index contributed by atoms with van der Waals surface area (Å²) in [6, 6.07) is -0.217. The lowest BCUT2D eigenvalue weighted by Gasteiger charge is -2.30. The molecule has 1 heterocycles. The Bertz CT molecular complexity index is 298. The van der Waals surface area contributed by atoms with Crippen LogP contribution in [-0.2, 0) is 4.79 Å². The minimum atomic E-state index is -0.783. The third-order valence-corrected chi connectivity index (χ3v) is 2.70. The minimum Gasteiger partial charge on any atom is -0.481 e. The number of nitrogens with one attached hydrogen (secondary N) is 1. The molecular weight excluding hydrogens is 232 g/mol. The van der Waals surface area contributed by atoms with Crippen LogP contribution in [0.15, 0.2) is 11.6 Å². The molecule has 2 N–H and O–H groups in total. The predicted octanol–water partition coefficient (Wildman–Crippen LogP) is 1.25. The fourth-order valence-electron chi connectivity index (χ4n) is 1.61. The number of amides is 2. The lowest BCUT2D eigenvalue weighted by Crippen LogP contribution is -2.45. The molecule has 1 saturated heterocycles. The van der Waals surface area contributed by atoms with Crippen LogP contribution in [0.1, 0.15) is 12.8 Å². The summed E-state index contributed by atoms with van der Waals surface area (Å²) in [5, 5.41) is 11.8. The van der Waals surface area contributed by atoms with Crippen molar-refractivity contribution in [2.45, 2.75) is 12.8 Å². The number of halogens is 1. The van der Waals surface area contributed by atoms with E-state index in [4.69, 9.17) is 16.7 Å². The highest BCUT2D eigenvalue weighted by Crippen LogP contribution is 2.17. The molecule has 1 aliphatic heterocycles. The fourth-order valence-corrected chi connectivity index (χ4v) is 1.68. The predicted molar refractivity (Wildman–Crippen MR) is 60.3 cm³/mol. The molecule has 0 aromatic rings. The van der Waals surface area contributed by atoms with Gasteiger partial charge in [-0.05, 0) is 12.8 Å². The molecule has 16 heavy (non-hydrogen) atoms. The van der Waals surface area contributed by atoms with Crippen LogP contribution in [0.4, 0.5) is 4.79 Å². The summed E-state index contributed by atoms with van der Waals surface area (Å²) in [6.07, 6.45) is 1.01. The number of hydrogen-bond acceptors (Lipinski definition) is 2. The largest absolute Gasteiger partial charge is 0.481 e. The van der Waals surface area contributed by atoms with Crippen molar-refractivity contribution in [3.63, 3.8) is 0 Å². The summed E-state index contributed by atoms with van der Waals surface area (Å²) >= 11 is 5.52. The smallest absolute Gasteiger partial charge is 0.317 e. The van der Waals surface area contributed by atoms with E-state index in [0.717, 1.165) is 0 Å². The molecule has 0 aliphatic carbocycles. The SMILES string of the molecule is C=C(Cl)CNC(=O)N1CCC(C(=O)O)CC1. The third kappa shape index (κ3) is 3.73. The van der Waals surface area contributed by atoms with Gasteiger partial charge in [0.15, 0.2) is 0 Å². The van der Waals surface area contributed by atoms with Crippen molar-refractivity contribution >= 4 is 23.6 Å². The molecule has 1 fully saturated rings. The summed E-state index contributed by atoms with van der Waals surface area (Å²) in [6.45, 7) is 4.64. The first-order valence-corrected chi connectivity index (χ1v) is 5.47. The lowest BCUT2D eigenvalue weighted by molar-refractivity contribution is -0.143. The molecule has 2 amide bonds. The normalized spacial score (nSPS) is 16.9. The lowest BCUT2D eigenvalue weighted by atomic mass is 9.97. The maximum Gasteiger partial charge on any atom is 0.317 e. The van der Waals surface area contributed by atoms with Crippen LogP contribution in [0.3, 0.4) is 0 Å². The van der Waals surface area contributed by atoms with Gasteiger partial charge < -0.3 is 15.3 Å². The molecular formula is C10H15ClN2O3. The van der Waals surface area contributed by atoms with E-state index in [1.165, 1.54) is 0 Å². The van der Waals surface area contributed by atoms with Crippen molar-refractivity contribution in [3.8, 4) is 0 Å². The second-order valence-electron chi connectivity index (χ2n) is 3.78. The van der Waals surface area contributed by atoms with Gasteiger partial charge in [-0.25, -0.2) is 4.79 Å². The number of piperidine rings is 1. The van der Waals surface area contributed by atoms with E-state index in [2.05, 4.69) is 11.9 Å². The van der Waals surface area contributed by atoms with Crippen LogP contribution < -0.4 is 5.32 Å². The van der Waals surface area contributed by atoms with Crippen molar-refractivity contribution in [1.29, 1.82) is 0 Å². The molecule has 0 unspecified atom stereocenters. The average molecular weight is 247 g/mol. The number of carbonyl (C=O) groups is 2. The van der Waals surface area contributed by atoms with E-state index < -0.39 is 5.97 Å². The Labute approximate surface area is 99.1 Å². The molecule has 0 bridgehead atoms. The van der Waals surface area contributed by atoms with Gasteiger partial charge in [-0.2, -0.15) is 0 Å². The Morgan fingerprint density at radius 2 is 2.00 bits per heavy atom. The van der Waals surface area contributed by atoms with Crippen LogP contribution in [0.2, 0.25) is 0 Å². The highest BCUT2D eigenvalue weighted by atomic mass is 35.5. The van der Waals surface area contributed by atoms with E-state index in [-0.39, 0.29) is 18.5 Å². The Balaban J connectivity index is 2.33. The van der Waals surface area contributed by atoms with Crippen molar-refractivity contribution in [3.05, 3.63) is 11.6 Å². The fraction of sp³-hybridized carbons (Fsp3) is 0.600. The summed E-state index contributed by atoms with van der Waals surface area (Å²) in [5.41, 5.74) is 0. The van der Waals surface area contributed by atoms with Gasteiger partial charge in [0.1, 0.15) is 0 Å². The van der Waals surface area contributed by atoms with Crippen LogP contribution >= 0.6 is 11.6 Å². The zero-order valence-corrected chi connectivity index (χ0v) is 9.66. The summed E-state index contributed by atoms with van der Waals surface area (Å²) < 4.78 is 0. The quantitative estimate of drug-likeness (QED) is 0.787. The van der Waals surface area contributed by atoms with Gasteiger partial charge in [-0.1, -0.05) is 18.2 Å². The number of likely N-dealkylation sites (tertiary alicyclic amines) is 1. The first-order chi connectivity index (χ1) is 7.50. The maximum atomic E-state index is 11.5. The number of carboxylic acid groups (broad SMARTS) is 1. The molecule has 0 atom stereocenters. The Kier molecular flexibility index (Phi) is 4.61. The van der Waals surface area contributed by atoms with E-state index in [1.807, 2.05) is 0 Å². The number of rotatable bonds is 3. The van der Waals surface area contributed by atoms with Crippen LogP contribution in [0, 0.1) is 5.92 Å². The van der Waals surface area contributed by atoms with Crippen molar-refractivity contribution in [1.82, 2.24) is 10.2 Å². The zero-order valence-electron chi connectivity index (χ0n) is 8.91. The van der Waals surface area contributed by atoms with Crippen molar-refractivity contribution < 1.29 is 14.7 Å². The summed E-state index contributed by atoms with van der Waals surface area (Å²) in [4.78, 5) is 23.8. The number of nitrogens with zero attached hydrogens (tertiary/aromatic N) is 1. The number of carbonyl (C=O) groups excluding carboxylic acids is 1.